The summed E-state index contributed by atoms with van der Waals surface area (Å²) < 4.78 is 7.31. The predicted octanol–water partition coefficient (Wildman–Crippen LogP) is 1.56. The van der Waals surface area contributed by atoms with Crippen molar-refractivity contribution in [1.29, 1.82) is 5.26 Å². The number of aryl methyl sites for hydroxylation is 1. The number of carbonyl (C=O) groups excluding carboxylic acids is 1. The van der Waals surface area contributed by atoms with Crippen LogP contribution in [0.1, 0.15) is 12.0 Å². The van der Waals surface area contributed by atoms with Gasteiger partial charge in [-0.1, -0.05) is 35.5 Å². The molecule has 0 aliphatic carbocycles. The summed E-state index contributed by atoms with van der Waals surface area (Å²) in [6.45, 7) is 1.85. The van der Waals surface area contributed by atoms with Gasteiger partial charge in [-0.2, -0.15) is 5.26 Å². The molecular weight excluding hydrogens is 380 g/mol. The first-order valence-corrected chi connectivity index (χ1v) is 10.0. The maximum atomic E-state index is 12.4. The number of aromatic nitrogens is 3. The van der Waals surface area contributed by atoms with E-state index in [1.54, 1.807) is 4.68 Å². The van der Waals surface area contributed by atoms with E-state index in [1.807, 2.05) is 43.4 Å². The topological polar surface area (TPSA) is 105 Å². The van der Waals surface area contributed by atoms with Gasteiger partial charge in [0.2, 0.25) is 0 Å². The van der Waals surface area contributed by atoms with Crippen LogP contribution in [0.3, 0.4) is 0 Å². The van der Waals surface area contributed by atoms with Gasteiger partial charge in [0.1, 0.15) is 17.7 Å². The van der Waals surface area contributed by atoms with Crippen LogP contribution in [0.2, 0.25) is 0 Å². The van der Waals surface area contributed by atoms with Gasteiger partial charge >= 0.3 is 0 Å². The Morgan fingerprint density at radius 2 is 2.13 bits per heavy atom. The fourth-order valence-corrected chi connectivity index (χ4v) is 3.56. The number of amides is 1. The number of fused-ring (bicyclic) bond motifs is 1. The van der Waals surface area contributed by atoms with Gasteiger partial charge in [0, 0.05) is 26.6 Å². The van der Waals surface area contributed by atoms with Crippen molar-refractivity contribution in [2.75, 3.05) is 19.7 Å². The van der Waals surface area contributed by atoms with Crippen molar-refractivity contribution >= 4 is 16.9 Å². The summed E-state index contributed by atoms with van der Waals surface area (Å²) in [4.78, 5) is 12.4. The monoisotopic (exact) mass is 404 g/mol. The number of ether oxygens (including phenoxy) is 1. The van der Waals surface area contributed by atoms with E-state index < -0.39 is 12.1 Å². The summed E-state index contributed by atoms with van der Waals surface area (Å²) >= 11 is 0. The lowest BCUT2D eigenvalue weighted by molar-refractivity contribution is -0.132. The van der Waals surface area contributed by atoms with Crippen molar-refractivity contribution in [3.63, 3.8) is 0 Å². The molecule has 0 bridgehead atoms. The van der Waals surface area contributed by atoms with Gasteiger partial charge in [-0.3, -0.25) is 4.79 Å². The van der Waals surface area contributed by atoms with Gasteiger partial charge in [0.05, 0.1) is 11.6 Å². The third-order valence-corrected chi connectivity index (χ3v) is 5.25. The van der Waals surface area contributed by atoms with Gasteiger partial charge in [-0.25, -0.2) is 4.68 Å². The molecule has 3 aromatic rings. The Labute approximate surface area is 174 Å². The average Bonchev–Trinajstić information content (AvgIpc) is 2.96. The number of rotatable bonds is 5. The molecule has 1 aliphatic rings. The molecule has 1 fully saturated rings. The van der Waals surface area contributed by atoms with Gasteiger partial charge in [0.15, 0.2) is 0 Å². The molecule has 1 aromatic heterocycles. The molecule has 154 valence electrons. The van der Waals surface area contributed by atoms with Crippen LogP contribution in [0.4, 0.5) is 0 Å². The number of benzene rings is 2. The SMILES string of the molecule is Cn1nnc2ccc(-c3ccc(C[C@@H](C#N)NC(=O)[C@@H]4CNCCCO4)cc3)cc21. The molecule has 0 saturated carbocycles. The molecular formula is C22H24N6O2. The highest BCUT2D eigenvalue weighted by atomic mass is 16.5. The molecule has 2 heterocycles. The van der Waals surface area contributed by atoms with E-state index in [9.17, 15) is 10.1 Å². The summed E-state index contributed by atoms with van der Waals surface area (Å²) in [5, 5.41) is 23.6. The first-order chi connectivity index (χ1) is 14.6. The Morgan fingerprint density at radius 1 is 1.33 bits per heavy atom. The smallest absolute Gasteiger partial charge is 0.251 e. The van der Waals surface area contributed by atoms with Crippen molar-refractivity contribution < 1.29 is 9.53 Å². The molecule has 8 heteroatoms. The van der Waals surface area contributed by atoms with Crippen LogP contribution in [-0.4, -0.2) is 52.7 Å². The van der Waals surface area contributed by atoms with Crippen LogP contribution in [0.15, 0.2) is 42.5 Å². The average molecular weight is 404 g/mol. The second-order valence-corrected chi connectivity index (χ2v) is 7.42. The lowest BCUT2D eigenvalue weighted by Crippen LogP contribution is -2.46. The first-order valence-electron chi connectivity index (χ1n) is 10.0. The molecule has 0 radical (unpaired) electrons. The predicted molar refractivity (Wildman–Crippen MR) is 112 cm³/mol. The normalized spacial score (nSPS) is 17.8. The quantitative estimate of drug-likeness (QED) is 0.669. The Balaban J connectivity index is 1.41. The second-order valence-electron chi connectivity index (χ2n) is 7.42. The zero-order valence-electron chi connectivity index (χ0n) is 16.8. The van der Waals surface area contributed by atoms with E-state index >= 15 is 0 Å². The van der Waals surface area contributed by atoms with Crippen molar-refractivity contribution in [1.82, 2.24) is 25.6 Å². The zero-order chi connectivity index (χ0) is 20.9. The second kappa shape index (κ2) is 9.03. The van der Waals surface area contributed by atoms with Crippen LogP contribution in [0, 0.1) is 11.3 Å². The Morgan fingerprint density at radius 3 is 2.93 bits per heavy atom. The van der Waals surface area contributed by atoms with Gasteiger partial charge < -0.3 is 15.4 Å². The van der Waals surface area contributed by atoms with Crippen molar-refractivity contribution in [3.8, 4) is 17.2 Å². The molecule has 8 nitrogen and oxygen atoms in total. The summed E-state index contributed by atoms with van der Waals surface area (Å²) in [6, 6.07) is 15.6. The minimum absolute atomic E-state index is 0.245. The molecule has 1 aliphatic heterocycles. The Bertz CT molecular complexity index is 1060. The summed E-state index contributed by atoms with van der Waals surface area (Å²) in [5.41, 5.74) is 4.95. The molecule has 4 rings (SSSR count). The van der Waals surface area contributed by atoms with E-state index in [2.05, 4.69) is 33.1 Å². The lowest BCUT2D eigenvalue weighted by Gasteiger charge is -2.18. The largest absolute Gasteiger partial charge is 0.367 e. The number of hydrogen-bond acceptors (Lipinski definition) is 6. The van der Waals surface area contributed by atoms with Gasteiger partial charge in [0.25, 0.3) is 5.91 Å². The first kappa shape index (κ1) is 20.0. The Hall–Kier alpha value is -3.28. The number of nitriles is 1. The van der Waals surface area contributed by atoms with E-state index in [4.69, 9.17) is 4.74 Å². The standard InChI is InChI=1S/C22H24N6O2/c1-28-20-12-17(7-8-19(20)26-27-28)16-5-3-15(4-6-16)11-18(13-23)25-22(29)21-14-24-9-2-10-30-21/h3-8,12,18,21,24H,2,9-11,14H2,1H3,(H,25,29)/t18-,21-/m0/s1. The lowest BCUT2D eigenvalue weighted by atomic mass is 10.0. The maximum absolute atomic E-state index is 12.4. The van der Waals surface area contributed by atoms with Gasteiger partial charge in [-0.15, -0.1) is 5.10 Å². The molecule has 2 aromatic carbocycles. The molecule has 1 amide bonds. The minimum atomic E-state index is -0.605. The van der Waals surface area contributed by atoms with E-state index in [0.29, 0.717) is 19.6 Å². The number of carbonyl (C=O) groups is 1. The fourth-order valence-electron chi connectivity index (χ4n) is 3.56. The van der Waals surface area contributed by atoms with Gasteiger partial charge in [-0.05, 0) is 41.8 Å². The Kier molecular flexibility index (Phi) is 6.02. The molecule has 2 N–H and O–H groups in total. The van der Waals surface area contributed by atoms with Crippen molar-refractivity contribution in [2.24, 2.45) is 7.05 Å². The van der Waals surface area contributed by atoms with E-state index in [0.717, 1.165) is 40.7 Å². The van der Waals surface area contributed by atoms with Crippen LogP contribution < -0.4 is 10.6 Å². The summed E-state index contributed by atoms with van der Waals surface area (Å²) in [7, 11) is 1.87. The van der Waals surface area contributed by atoms with Crippen LogP contribution >= 0.6 is 0 Å². The van der Waals surface area contributed by atoms with Crippen molar-refractivity contribution in [2.45, 2.75) is 25.0 Å². The number of nitrogens with zero attached hydrogens (tertiary/aromatic N) is 4. The summed E-state index contributed by atoms with van der Waals surface area (Å²) in [5.74, 6) is -0.245. The zero-order valence-corrected chi connectivity index (χ0v) is 16.8. The number of nitrogens with one attached hydrogen (secondary N) is 2. The van der Waals surface area contributed by atoms with Crippen LogP contribution in [-0.2, 0) is 23.0 Å². The van der Waals surface area contributed by atoms with Crippen LogP contribution in [0.25, 0.3) is 22.2 Å². The van der Waals surface area contributed by atoms with Crippen molar-refractivity contribution in [3.05, 3.63) is 48.0 Å². The third-order valence-electron chi connectivity index (χ3n) is 5.25. The van der Waals surface area contributed by atoms with E-state index in [-0.39, 0.29) is 5.91 Å². The highest BCUT2D eigenvalue weighted by Crippen LogP contribution is 2.24. The van der Waals surface area contributed by atoms with E-state index in [1.165, 1.54) is 0 Å². The third kappa shape index (κ3) is 4.48. The summed E-state index contributed by atoms with van der Waals surface area (Å²) in [6.07, 6.45) is 0.761. The highest BCUT2D eigenvalue weighted by molar-refractivity contribution is 5.82. The maximum Gasteiger partial charge on any atom is 0.251 e. The molecule has 0 spiro atoms. The molecule has 2 atom stereocenters. The molecule has 1 saturated heterocycles. The minimum Gasteiger partial charge on any atom is -0.367 e. The molecule has 0 unspecified atom stereocenters. The van der Waals surface area contributed by atoms with Crippen LogP contribution in [0.5, 0.6) is 0 Å². The highest BCUT2D eigenvalue weighted by Gasteiger charge is 2.23. The fraction of sp³-hybridized carbons (Fsp3) is 0.364. The molecule has 30 heavy (non-hydrogen) atoms. The number of hydrogen-bond donors (Lipinski definition) is 2.